The van der Waals surface area contributed by atoms with Gasteiger partial charge in [-0.15, -0.1) is 0 Å². The van der Waals surface area contributed by atoms with Gasteiger partial charge in [-0.2, -0.15) is 0 Å². The normalized spacial score (nSPS) is 10.1. The monoisotopic (exact) mass is 326 g/mol. The second-order valence-electron chi connectivity index (χ2n) is 2.48. The van der Waals surface area contributed by atoms with Crippen LogP contribution in [-0.2, 0) is 0 Å². The Hall–Kier alpha value is 0.179. The van der Waals surface area contributed by atoms with Crippen LogP contribution in [0.15, 0.2) is 22.7 Å². The van der Waals surface area contributed by atoms with Crippen LogP contribution in [0.3, 0.4) is 0 Å². The molecule has 0 saturated heterocycles. The minimum atomic E-state index is 0.139. The molecule has 0 aromatic heterocycles. The third-order valence-corrected chi connectivity index (χ3v) is 3.47. The van der Waals surface area contributed by atoms with Gasteiger partial charge in [-0.3, -0.25) is 0 Å². The molecule has 0 spiro atoms. The number of hydrogen-bond donors (Lipinski definition) is 0. The average Bonchev–Trinajstić information content (AvgIpc) is 2.04. The Labute approximate surface area is 97.1 Å². The number of carbonyl (C=O) groups excluding carboxylic acids is 1. The summed E-state index contributed by atoms with van der Waals surface area (Å²) < 4.78 is 0.899. The van der Waals surface area contributed by atoms with E-state index in [1.165, 1.54) is 0 Å². The van der Waals surface area contributed by atoms with Crippen molar-refractivity contribution in [2.45, 2.75) is 11.1 Å². The van der Waals surface area contributed by atoms with Gasteiger partial charge in [0.25, 0.3) is 0 Å². The molecule has 13 heavy (non-hydrogen) atoms. The summed E-state index contributed by atoms with van der Waals surface area (Å²) in [4.78, 5) is 11.5. The molecule has 0 amide bonds. The van der Waals surface area contributed by atoms with Crippen molar-refractivity contribution in [3.05, 3.63) is 33.3 Å². The van der Waals surface area contributed by atoms with Crippen LogP contribution < -0.4 is 0 Å². The third kappa shape index (κ3) is 3.10. The number of carbonyl (C=O) groups is 1. The molecule has 0 N–H and O–H groups in total. The van der Waals surface area contributed by atoms with Gasteiger partial charge in [0.05, 0.1) is 0 Å². The van der Waals surface area contributed by atoms with Gasteiger partial charge in [0.2, 0.25) is 0 Å². The summed E-state index contributed by atoms with van der Waals surface area (Å²) >= 11 is 9.58. The second-order valence-corrected chi connectivity index (χ2v) is 5.62. The Kier molecular flexibility index (Phi) is 4.47. The van der Waals surface area contributed by atoms with Crippen LogP contribution in [0.5, 0.6) is 0 Å². The molecule has 70 valence electrons. The van der Waals surface area contributed by atoms with Crippen molar-refractivity contribution in [1.29, 1.82) is 0 Å². The van der Waals surface area contributed by atoms with Crippen molar-refractivity contribution in [2.24, 2.45) is 0 Å². The molecule has 1 aromatic carbocycles. The fourth-order valence-electron chi connectivity index (χ4n) is 0.924. The van der Waals surface area contributed by atoms with E-state index in [2.05, 4.69) is 15.9 Å². The number of hydrogen-bond acceptors (Lipinski definition) is 1. The topological polar surface area (TPSA) is 17.1 Å². The fraction of sp³-hybridized carbons (Fsp3) is 0.222. The summed E-state index contributed by atoms with van der Waals surface area (Å²) in [5.41, 5.74) is 0.633. The number of benzene rings is 1. The van der Waals surface area contributed by atoms with Gasteiger partial charge in [-0.1, -0.05) is 0 Å². The summed E-state index contributed by atoms with van der Waals surface area (Å²) in [5.74, 6) is 2.18. The molecule has 0 radical (unpaired) electrons. The molecule has 0 atom stereocenters. The zero-order valence-corrected chi connectivity index (χ0v) is 11.1. The predicted molar refractivity (Wildman–Crippen MR) is 59.9 cm³/mol. The Bertz CT molecular complexity index is 327. The van der Waals surface area contributed by atoms with Crippen LogP contribution in [0.1, 0.15) is 10.4 Å². The number of Topliss-reactive ketones (excluding diaryl/α,β-unsaturated/α-hetero) is 1. The summed E-state index contributed by atoms with van der Waals surface area (Å²) in [7, 11) is 0. The quantitative estimate of drug-likeness (QED) is 0.614. The van der Waals surface area contributed by atoms with Gasteiger partial charge >= 0.3 is 97.5 Å². The van der Waals surface area contributed by atoms with Crippen LogP contribution in [0, 0.1) is 0 Å². The molecule has 1 nitrogen and oxygen atoms in total. The first-order valence-corrected chi connectivity index (χ1v) is 7.72. The van der Waals surface area contributed by atoms with E-state index in [0.29, 0.717) is 30.9 Å². The fourth-order valence-corrected chi connectivity index (χ4v) is 2.58. The third-order valence-electron chi connectivity index (χ3n) is 1.51. The van der Waals surface area contributed by atoms with Crippen molar-refractivity contribution >= 4 is 48.3 Å². The Balaban J connectivity index is 2.95. The zero-order chi connectivity index (χ0) is 9.84. The maximum atomic E-state index is 11.5. The van der Waals surface area contributed by atoms with Crippen LogP contribution in [-0.4, -0.2) is 20.7 Å². The van der Waals surface area contributed by atoms with Crippen LogP contribution in [0.25, 0.3) is 0 Å². The predicted octanol–water partition coefficient (Wildman–Crippen LogP) is 3.46. The Morgan fingerprint density at radius 2 is 2.31 bits per heavy atom. The molecule has 0 fully saturated rings. The molecule has 0 heterocycles. The molecule has 1 rings (SSSR count). The summed E-state index contributed by atoms with van der Waals surface area (Å²) in [5, 5.41) is 1.15. The number of ketones is 1. The van der Waals surface area contributed by atoms with Crippen molar-refractivity contribution in [1.82, 2.24) is 0 Å². The Morgan fingerprint density at radius 3 is 2.85 bits per heavy atom. The molecule has 0 saturated carbocycles. The first kappa shape index (κ1) is 11.3. The van der Waals surface area contributed by atoms with Crippen molar-refractivity contribution < 1.29 is 4.79 Å². The zero-order valence-electron chi connectivity index (χ0n) is 7.01. The van der Waals surface area contributed by atoms with Gasteiger partial charge in [0.15, 0.2) is 0 Å². The summed E-state index contributed by atoms with van der Waals surface area (Å²) in [6, 6.07) is 5.35. The average molecular weight is 326 g/mol. The van der Waals surface area contributed by atoms with E-state index >= 15 is 0 Å². The van der Waals surface area contributed by atoms with E-state index in [-0.39, 0.29) is 5.78 Å². The Morgan fingerprint density at radius 1 is 1.62 bits per heavy atom. The molecule has 0 aliphatic heterocycles. The molecule has 0 aliphatic rings. The number of rotatable bonds is 3. The van der Waals surface area contributed by atoms with E-state index < -0.39 is 0 Å². The molecule has 0 bridgehead atoms. The van der Waals surface area contributed by atoms with Gasteiger partial charge in [0, 0.05) is 0 Å². The number of halogens is 2. The van der Waals surface area contributed by atoms with Gasteiger partial charge in [-0.25, -0.2) is 0 Å². The molecule has 1 aromatic rings. The molecular formula is C9H8BrClOSe. The summed E-state index contributed by atoms with van der Waals surface area (Å²) in [6.45, 7) is 0. The van der Waals surface area contributed by atoms with E-state index in [4.69, 9.17) is 11.6 Å². The van der Waals surface area contributed by atoms with E-state index in [9.17, 15) is 4.79 Å². The molecular weight excluding hydrogens is 318 g/mol. The van der Waals surface area contributed by atoms with Crippen LogP contribution >= 0.6 is 27.5 Å². The van der Waals surface area contributed by atoms with Crippen LogP contribution in [0.2, 0.25) is 16.2 Å². The van der Waals surface area contributed by atoms with Crippen LogP contribution in [0.4, 0.5) is 0 Å². The van der Waals surface area contributed by atoms with Crippen molar-refractivity contribution in [2.75, 3.05) is 0 Å². The molecule has 0 unspecified atom stereocenters. The summed E-state index contributed by atoms with van der Waals surface area (Å²) in [6.07, 6.45) is 0. The second kappa shape index (κ2) is 5.16. The van der Waals surface area contributed by atoms with E-state index in [1.807, 2.05) is 11.9 Å². The first-order chi connectivity index (χ1) is 6.15. The standard InChI is InChI=1S/C9H8BrClOSe/c1-13-5-9(12)7-3-2-6(10)4-8(7)11/h2-4H,5H2,1H3. The van der Waals surface area contributed by atoms with E-state index in [1.54, 1.807) is 12.1 Å². The maximum absolute atomic E-state index is 11.5. The molecule has 4 heteroatoms. The SMILES string of the molecule is C[Se]CC(=O)c1ccc(Br)cc1Cl. The minimum absolute atomic E-state index is 0.139. The van der Waals surface area contributed by atoms with Gasteiger partial charge in [0.1, 0.15) is 0 Å². The van der Waals surface area contributed by atoms with Crippen molar-refractivity contribution in [3.63, 3.8) is 0 Å². The van der Waals surface area contributed by atoms with Gasteiger partial charge < -0.3 is 0 Å². The van der Waals surface area contributed by atoms with Crippen molar-refractivity contribution in [3.8, 4) is 0 Å². The molecule has 0 aliphatic carbocycles. The van der Waals surface area contributed by atoms with E-state index in [0.717, 1.165) is 4.47 Å². The van der Waals surface area contributed by atoms with Gasteiger partial charge in [-0.05, 0) is 0 Å². The first-order valence-electron chi connectivity index (χ1n) is 3.62.